The van der Waals surface area contributed by atoms with Gasteiger partial charge in [0.15, 0.2) is 5.65 Å². The molecule has 0 bridgehead atoms. The standard InChI is InChI=1S/C28H35FN6O2.2ClH/c1-4-6-24-30-20(2)26-28(36)34(23-11-12-25(37-3)31-27(23)35(24)26)14-5-13-32-15-17-33(18-16-32)19-21-7-9-22(29)10-8-21;;/h7-12H,4-6,13-19H2,1-3H3;2*1H. The molecule has 39 heavy (non-hydrogen) atoms. The van der Waals surface area contributed by atoms with E-state index in [4.69, 9.17) is 14.7 Å². The molecule has 1 aliphatic heterocycles. The Labute approximate surface area is 240 Å². The predicted octanol–water partition coefficient (Wildman–Crippen LogP) is -5.17. The number of imidazole rings is 1. The highest BCUT2D eigenvalue weighted by atomic mass is 35.5. The second-order valence-corrected chi connectivity index (χ2v) is 10.1. The van der Waals surface area contributed by atoms with Crippen LogP contribution >= 0.6 is 0 Å². The summed E-state index contributed by atoms with van der Waals surface area (Å²) in [5.41, 5.74) is 4.08. The van der Waals surface area contributed by atoms with Crippen molar-refractivity contribution >= 4 is 16.7 Å². The van der Waals surface area contributed by atoms with E-state index >= 15 is 0 Å². The van der Waals surface area contributed by atoms with Gasteiger partial charge in [-0.25, -0.2) is 9.37 Å². The fourth-order valence-corrected chi connectivity index (χ4v) is 5.59. The van der Waals surface area contributed by atoms with Crippen molar-refractivity contribution in [2.75, 3.05) is 39.8 Å². The molecule has 0 spiro atoms. The summed E-state index contributed by atoms with van der Waals surface area (Å²) in [6.45, 7) is 11.0. The number of nitrogens with one attached hydrogen (secondary N) is 2. The number of aryl methyl sites for hydroxylation is 3. The van der Waals surface area contributed by atoms with E-state index in [0.29, 0.717) is 17.9 Å². The van der Waals surface area contributed by atoms with Crippen molar-refractivity contribution in [1.82, 2.24) is 18.9 Å². The molecule has 1 fully saturated rings. The van der Waals surface area contributed by atoms with Crippen LogP contribution in [0.3, 0.4) is 0 Å². The first-order chi connectivity index (χ1) is 18.0. The molecule has 0 unspecified atom stereocenters. The first-order valence-electron chi connectivity index (χ1n) is 13.4. The zero-order valence-corrected chi connectivity index (χ0v) is 24.3. The van der Waals surface area contributed by atoms with Crippen molar-refractivity contribution in [1.29, 1.82) is 0 Å². The maximum Gasteiger partial charge on any atom is 0.277 e. The highest BCUT2D eigenvalue weighted by Crippen LogP contribution is 2.21. The maximum absolute atomic E-state index is 13.7. The molecular formula is C28H37Cl2FN6O2. The number of rotatable bonds is 9. The zero-order chi connectivity index (χ0) is 25.9. The summed E-state index contributed by atoms with van der Waals surface area (Å²) in [5.74, 6) is 1.22. The third kappa shape index (κ3) is 6.54. The lowest BCUT2D eigenvalue weighted by molar-refractivity contribution is -1.02. The molecular weight excluding hydrogens is 542 g/mol. The number of ether oxygens (including phenoxy) is 1. The topological polar surface area (TPSA) is 70.3 Å². The predicted molar refractivity (Wildman–Crippen MR) is 141 cm³/mol. The van der Waals surface area contributed by atoms with Gasteiger partial charge < -0.3 is 43.9 Å². The van der Waals surface area contributed by atoms with Crippen LogP contribution in [0.15, 0.2) is 41.2 Å². The number of fused-ring (bicyclic) bond motifs is 3. The van der Waals surface area contributed by atoms with Crippen LogP contribution in [0.1, 0.15) is 36.8 Å². The van der Waals surface area contributed by atoms with Gasteiger partial charge in [-0.3, -0.25) is 9.20 Å². The molecule has 0 atom stereocenters. The zero-order valence-electron chi connectivity index (χ0n) is 22.8. The average molecular weight is 580 g/mol. The van der Waals surface area contributed by atoms with Crippen LogP contribution in [0.4, 0.5) is 4.39 Å². The number of hydrogen-bond donors (Lipinski definition) is 2. The van der Waals surface area contributed by atoms with Crippen LogP contribution in [0.25, 0.3) is 16.7 Å². The third-order valence-electron chi connectivity index (χ3n) is 7.53. The number of hydrogen-bond acceptors (Lipinski definition) is 4. The highest BCUT2D eigenvalue weighted by molar-refractivity contribution is 5.77. The molecule has 0 saturated carbocycles. The van der Waals surface area contributed by atoms with E-state index in [1.54, 1.807) is 29.0 Å². The summed E-state index contributed by atoms with van der Waals surface area (Å²) < 4.78 is 22.4. The molecule has 0 aliphatic carbocycles. The lowest BCUT2D eigenvalue weighted by atomic mass is 10.2. The van der Waals surface area contributed by atoms with Crippen LogP contribution in [-0.2, 0) is 19.5 Å². The number of aromatic nitrogens is 4. The van der Waals surface area contributed by atoms with Gasteiger partial charge in [-0.1, -0.05) is 19.1 Å². The second-order valence-electron chi connectivity index (χ2n) is 10.1. The van der Waals surface area contributed by atoms with Gasteiger partial charge in [0.05, 0.1) is 24.9 Å². The summed E-state index contributed by atoms with van der Waals surface area (Å²) in [6.07, 6.45) is 2.63. The Balaban J connectivity index is 0.00000210. The van der Waals surface area contributed by atoms with Crippen LogP contribution in [-0.4, -0.2) is 58.8 Å². The molecule has 4 aromatic rings. The van der Waals surface area contributed by atoms with Crippen molar-refractivity contribution in [3.05, 3.63) is 69.7 Å². The first-order valence-corrected chi connectivity index (χ1v) is 13.4. The number of nitrogens with zero attached hydrogens (tertiary/aromatic N) is 4. The van der Waals surface area contributed by atoms with Crippen molar-refractivity contribution in [3.63, 3.8) is 0 Å². The summed E-state index contributed by atoms with van der Waals surface area (Å²) in [4.78, 5) is 26.2. The summed E-state index contributed by atoms with van der Waals surface area (Å²) >= 11 is 0. The molecule has 8 nitrogen and oxygen atoms in total. The lowest BCUT2D eigenvalue weighted by Gasteiger charge is -2.29. The summed E-state index contributed by atoms with van der Waals surface area (Å²) in [7, 11) is 1.61. The minimum atomic E-state index is -0.182. The Bertz CT molecular complexity index is 1450. The van der Waals surface area contributed by atoms with E-state index in [1.165, 1.54) is 5.56 Å². The molecule has 5 rings (SSSR count). The molecule has 212 valence electrons. The smallest absolute Gasteiger partial charge is 0.277 e. The third-order valence-corrected chi connectivity index (χ3v) is 7.53. The minimum absolute atomic E-state index is 0. The van der Waals surface area contributed by atoms with Crippen LogP contribution in [0.5, 0.6) is 5.88 Å². The van der Waals surface area contributed by atoms with Gasteiger partial charge >= 0.3 is 0 Å². The Hall–Kier alpha value is -2.72. The molecule has 2 N–H and O–H groups in total. The normalized spacial score (nSPS) is 17.1. The molecule has 0 amide bonds. The fraction of sp³-hybridized carbons (Fsp3) is 0.464. The largest absolute Gasteiger partial charge is 1.00 e. The molecule has 1 aromatic carbocycles. The average Bonchev–Trinajstić information content (AvgIpc) is 3.24. The van der Waals surface area contributed by atoms with Crippen molar-refractivity contribution in [2.45, 2.75) is 46.2 Å². The molecule has 1 saturated heterocycles. The number of quaternary nitrogens is 2. The molecule has 4 heterocycles. The van der Waals surface area contributed by atoms with E-state index in [0.717, 1.165) is 81.2 Å². The van der Waals surface area contributed by atoms with Gasteiger partial charge in [0.1, 0.15) is 49.9 Å². The number of piperazine rings is 1. The first kappa shape index (κ1) is 30.8. The Morgan fingerprint density at radius 1 is 1.00 bits per heavy atom. The second kappa shape index (κ2) is 13.6. The molecule has 3 aromatic heterocycles. The van der Waals surface area contributed by atoms with Crippen molar-refractivity contribution in [2.24, 2.45) is 0 Å². The number of benzene rings is 1. The van der Waals surface area contributed by atoms with E-state index in [-0.39, 0.29) is 36.2 Å². The van der Waals surface area contributed by atoms with Gasteiger partial charge in [0.2, 0.25) is 5.88 Å². The van der Waals surface area contributed by atoms with E-state index in [2.05, 4.69) is 6.92 Å². The molecule has 0 radical (unpaired) electrons. The lowest BCUT2D eigenvalue weighted by Crippen LogP contribution is -3.27. The van der Waals surface area contributed by atoms with Crippen molar-refractivity contribution < 1.29 is 43.7 Å². The van der Waals surface area contributed by atoms with Gasteiger partial charge in [-0.15, -0.1) is 0 Å². The van der Waals surface area contributed by atoms with Gasteiger partial charge in [0.25, 0.3) is 5.56 Å². The van der Waals surface area contributed by atoms with Gasteiger partial charge in [0, 0.05) is 31.0 Å². The van der Waals surface area contributed by atoms with Crippen molar-refractivity contribution in [3.8, 4) is 5.88 Å². The van der Waals surface area contributed by atoms with Gasteiger partial charge in [-0.05, 0) is 31.5 Å². The maximum atomic E-state index is 13.7. The summed E-state index contributed by atoms with van der Waals surface area (Å²) in [6, 6.07) is 10.6. The SMILES string of the molecule is CCCc1nc(C)c2c(=O)n(CCC[NH+]3CC[NH+](Cc4ccc(F)cc4)CC3)c3ccc(OC)nc3n12.[Cl-].[Cl-]. The number of halogens is 3. The Kier molecular flexibility index (Phi) is 10.7. The molecule has 1 aliphatic rings. The Morgan fingerprint density at radius 2 is 1.69 bits per heavy atom. The number of pyridine rings is 1. The minimum Gasteiger partial charge on any atom is -1.00 e. The Morgan fingerprint density at radius 3 is 2.36 bits per heavy atom. The van der Waals surface area contributed by atoms with Crippen LogP contribution in [0.2, 0.25) is 0 Å². The van der Waals surface area contributed by atoms with E-state index in [1.807, 2.05) is 40.2 Å². The van der Waals surface area contributed by atoms with E-state index < -0.39 is 0 Å². The number of methoxy groups -OCH3 is 1. The summed E-state index contributed by atoms with van der Waals surface area (Å²) in [5, 5.41) is 0. The monoisotopic (exact) mass is 578 g/mol. The fourth-order valence-electron chi connectivity index (χ4n) is 5.59. The highest BCUT2D eigenvalue weighted by Gasteiger charge is 2.24. The van der Waals surface area contributed by atoms with Gasteiger partial charge in [-0.2, -0.15) is 4.98 Å². The molecule has 11 heteroatoms. The van der Waals surface area contributed by atoms with Crippen LogP contribution in [0, 0.1) is 12.7 Å². The quantitative estimate of drug-likeness (QED) is 0.208. The van der Waals surface area contributed by atoms with E-state index in [9.17, 15) is 9.18 Å². The van der Waals surface area contributed by atoms with Crippen LogP contribution < -0.4 is 44.9 Å².